The van der Waals surface area contributed by atoms with E-state index in [0.29, 0.717) is 33.6 Å². The number of aliphatic hydroxyl groups excluding tert-OH is 1. The first-order valence-corrected chi connectivity index (χ1v) is 11.2. The number of nitrogens with one attached hydrogen (secondary N) is 1. The number of piperidine rings is 1. The number of fused-ring (bicyclic) bond motifs is 1. The van der Waals surface area contributed by atoms with E-state index < -0.39 is 6.10 Å². The van der Waals surface area contributed by atoms with Gasteiger partial charge in [0.05, 0.1) is 21.7 Å². The summed E-state index contributed by atoms with van der Waals surface area (Å²) in [6.45, 7) is 2.25. The molecule has 2 aromatic heterocycles. The van der Waals surface area contributed by atoms with Crippen molar-refractivity contribution in [2.45, 2.75) is 25.0 Å². The molecule has 1 aliphatic rings. The monoisotopic (exact) mass is 474 g/mol. The van der Waals surface area contributed by atoms with Gasteiger partial charge in [-0.2, -0.15) is 0 Å². The molecule has 1 aliphatic heterocycles. The van der Waals surface area contributed by atoms with Crippen LogP contribution in [0.25, 0.3) is 10.9 Å². The quantitative estimate of drug-likeness (QED) is 0.544. The number of rotatable bonds is 7. The second-order valence-corrected chi connectivity index (χ2v) is 8.64. The first-order valence-electron chi connectivity index (χ1n) is 10.5. The van der Waals surface area contributed by atoms with Gasteiger partial charge >= 0.3 is 0 Å². The summed E-state index contributed by atoms with van der Waals surface area (Å²) in [7, 11) is 0. The molecule has 4 rings (SSSR count). The van der Waals surface area contributed by atoms with E-state index in [-0.39, 0.29) is 18.6 Å². The molecule has 2 N–H and O–H groups in total. The van der Waals surface area contributed by atoms with E-state index >= 15 is 0 Å². The normalized spacial score (nSPS) is 16.1. The number of hydrogen-bond donors (Lipinski definition) is 2. The summed E-state index contributed by atoms with van der Waals surface area (Å²) in [5.41, 5.74) is 1.02. The highest BCUT2D eigenvalue weighted by atomic mass is 35.5. The first kappa shape index (κ1) is 22.7. The van der Waals surface area contributed by atoms with Gasteiger partial charge < -0.3 is 20.1 Å². The summed E-state index contributed by atoms with van der Waals surface area (Å²) >= 11 is 12.0. The Hall–Kier alpha value is -2.45. The maximum atomic E-state index is 12.4. The van der Waals surface area contributed by atoms with E-state index in [1.54, 1.807) is 36.7 Å². The minimum absolute atomic E-state index is 0.0921. The molecule has 3 aromatic rings. The van der Waals surface area contributed by atoms with Crippen LogP contribution in [0.5, 0.6) is 5.75 Å². The Kier molecular flexibility index (Phi) is 7.42. The predicted octanol–water partition coefficient (Wildman–Crippen LogP) is 3.57. The van der Waals surface area contributed by atoms with E-state index in [1.165, 1.54) is 0 Å². The molecule has 168 valence electrons. The van der Waals surface area contributed by atoms with Crippen LogP contribution >= 0.6 is 23.2 Å². The Morgan fingerprint density at radius 1 is 1.19 bits per heavy atom. The fraction of sp³-hybridized carbons (Fsp3) is 0.348. The number of ether oxygens (including phenoxy) is 1. The topological polar surface area (TPSA) is 87.6 Å². The number of hydrogen-bond acceptors (Lipinski definition) is 6. The van der Waals surface area contributed by atoms with E-state index in [0.717, 1.165) is 31.3 Å². The number of halogens is 2. The molecule has 0 aliphatic carbocycles. The number of carbonyl (C=O) groups is 1. The SMILES string of the molecule is O=C(NCC(O)CN1CCC(Oc2ccc(Cl)c(Cl)c2)CC1)c1ccc2cnccc2n1. The van der Waals surface area contributed by atoms with E-state index in [1.807, 2.05) is 12.1 Å². The van der Waals surface area contributed by atoms with Gasteiger partial charge in [0.1, 0.15) is 17.5 Å². The Morgan fingerprint density at radius 2 is 2.00 bits per heavy atom. The lowest BCUT2D eigenvalue weighted by atomic mass is 10.1. The van der Waals surface area contributed by atoms with E-state index in [4.69, 9.17) is 27.9 Å². The van der Waals surface area contributed by atoms with Gasteiger partial charge in [-0.05, 0) is 43.2 Å². The van der Waals surface area contributed by atoms with E-state index in [2.05, 4.69) is 20.2 Å². The van der Waals surface area contributed by atoms with Gasteiger partial charge in [0, 0.05) is 50.0 Å². The molecule has 1 saturated heterocycles. The van der Waals surface area contributed by atoms with Crippen LogP contribution in [0.3, 0.4) is 0 Å². The average Bonchev–Trinajstić information content (AvgIpc) is 2.81. The molecule has 0 bridgehead atoms. The lowest BCUT2D eigenvalue weighted by molar-refractivity contribution is 0.0593. The maximum Gasteiger partial charge on any atom is 0.269 e. The third-order valence-electron chi connectivity index (χ3n) is 5.42. The van der Waals surface area contributed by atoms with Crippen LogP contribution in [0.2, 0.25) is 10.0 Å². The van der Waals surface area contributed by atoms with Gasteiger partial charge in [0.25, 0.3) is 5.91 Å². The van der Waals surface area contributed by atoms with E-state index in [9.17, 15) is 9.90 Å². The van der Waals surface area contributed by atoms with Crippen molar-refractivity contribution in [3.05, 3.63) is 64.5 Å². The van der Waals surface area contributed by atoms with Crippen molar-refractivity contribution < 1.29 is 14.6 Å². The number of nitrogens with zero attached hydrogens (tertiary/aromatic N) is 3. The number of pyridine rings is 2. The molecule has 32 heavy (non-hydrogen) atoms. The van der Waals surface area contributed by atoms with Crippen LogP contribution in [0.15, 0.2) is 48.8 Å². The Bertz CT molecular complexity index is 1090. The van der Waals surface area contributed by atoms with Crippen molar-refractivity contribution in [3.8, 4) is 5.75 Å². The fourth-order valence-corrected chi connectivity index (χ4v) is 4.00. The smallest absolute Gasteiger partial charge is 0.269 e. The molecular formula is C23H24Cl2N4O3. The van der Waals surface area contributed by atoms with Crippen molar-refractivity contribution in [2.24, 2.45) is 0 Å². The molecule has 1 amide bonds. The fourth-order valence-electron chi connectivity index (χ4n) is 3.71. The lowest BCUT2D eigenvalue weighted by Crippen LogP contribution is -2.45. The molecule has 9 heteroatoms. The molecule has 1 atom stereocenters. The van der Waals surface area contributed by atoms with Gasteiger partial charge in [0.2, 0.25) is 0 Å². The van der Waals surface area contributed by atoms with Crippen molar-refractivity contribution >= 4 is 40.0 Å². The summed E-state index contributed by atoms with van der Waals surface area (Å²) in [4.78, 5) is 23.0. The van der Waals surface area contributed by atoms with Crippen molar-refractivity contribution in [1.29, 1.82) is 0 Å². The second-order valence-electron chi connectivity index (χ2n) is 7.82. The van der Waals surface area contributed by atoms with Crippen molar-refractivity contribution in [1.82, 2.24) is 20.2 Å². The highest BCUT2D eigenvalue weighted by Gasteiger charge is 2.23. The summed E-state index contributed by atoms with van der Waals surface area (Å²) in [5.74, 6) is 0.399. The van der Waals surface area contributed by atoms with Gasteiger partial charge in [0.15, 0.2) is 0 Å². The number of aromatic nitrogens is 2. The third-order valence-corrected chi connectivity index (χ3v) is 6.16. The second kappa shape index (κ2) is 10.4. The Labute approximate surface area is 196 Å². The van der Waals surface area contributed by atoms with Gasteiger partial charge in [-0.3, -0.25) is 9.78 Å². The standard InChI is InChI=1S/C23H24Cl2N4O3/c24-19-3-2-18(11-20(19)25)32-17-6-9-29(10-7-17)14-16(30)13-27-23(31)22-4-1-15-12-26-8-5-21(15)28-22/h1-5,8,11-12,16-17,30H,6-7,9-10,13-14H2,(H,27,31). The number of benzene rings is 1. The number of β-amino-alcohol motifs (C(OH)–C–C–N with tert-alkyl or cyclic N) is 1. The number of likely N-dealkylation sites (tertiary alicyclic amines) is 1. The predicted molar refractivity (Wildman–Crippen MR) is 124 cm³/mol. The molecule has 7 nitrogen and oxygen atoms in total. The summed E-state index contributed by atoms with van der Waals surface area (Å²) in [6, 6.07) is 10.5. The summed E-state index contributed by atoms with van der Waals surface area (Å²) < 4.78 is 6.00. The largest absolute Gasteiger partial charge is 0.490 e. The van der Waals surface area contributed by atoms with Crippen molar-refractivity contribution in [3.63, 3.8) is 0 Å². The summed E-state index contributed by atoms with van der Waals surface area (Å²) in [5, 5.41) is 15.0. The highest BCUT2D eigenvalue weighted by molar-refractivity contribution is 6.42. The van der Waals surface area contributed by atoms with Crippen LogP contribution in [0.1, 0.15) is 23.3 Å². The minimum atomic E-state index is -0.670. The molecule has 0 spiro atoms. The molecular weight excluding hydrogens is 451 g/mol. The van der Waals surface area contributed by atoms with Crippen LogP contribution < -0.4 is 10.1 Å². The minimum Gasteiger partial charge on any atom is -0.490 e. The molecule has 1 aromatic carbocycles. The van der Waals surface area contributed by atoms with Gasteiger partial charge in [-0.25, -0.2) is 4.98 Å². The van der Waals surface area contributed by atoms with Gasteiger partial charge in [-0.1, -0.05) is 23.2 Å². The zero-order valence-corrected chi connectivity index (χ0v) is 18.9. The highest BCUT2D eigenvalue weighted by Crippen LogP contribution is 2.28. The molecule has 1 unspecified atom stereocenters. The Morgan fingerprint density at radius 3 is 2.78 bits per heavy atom. The average molecular weight is 475 g/mol. The van der Waals surface area contributed by atoms with Crippen LogP contribution in [-0.4, -0.2) is 64.3 Å². The lowest BCUT2D eigenvalue weighted by Gasteiger charge is -2.33. The Balaban J connectivity index is 1.20. The van der Waals surface area contributed by atoms with Crippen LogP contribution in [0.4, 0.5) is 0 Å². The molecule has 0 saturated carbocycles. The van der Waals surface area contributed by atoms with Gasteiger partial charge in [-0.15, -0.1) is 0 Å². The number of aliphatic hydroxyl groups is 1. The molecule has 1 fully saturated rings. The number of carbonyl (C=O) groups excluding carboxylic acids is 1. The molecule has 3 heterocycles. The number of amides is 1. The third kappa shape index (κ3) is 5.86. The van der Waals surface area contributed by atoms with Crippen molar-refractivity contribution in [2.75, 3.05) is 26.2 Å². The maximum absolute atomic E-state index is 12.4. The van der Waals surface area contributed by atoms with Crippen LogP contribution in [0, 0.1) is 0 Å². The zero-order valence-electron chi connectivity index (χ0n) is 17.4. The van der Waals surface area contributed by atoms with Crippen LogP contribution in [-0.2, 0) is 0 Å². The first-order chi connectivity index (χ1) is 15.5. The summed E-state index contributed by atoms with van der Waals surface area (Å²) in [6.07, 6.45) is 4.45. The molecule has 0 radical (unpaired) electrons. The zero-order chi connectivity index (χ0) is 22.5.